The standard InChI is InChI=1S/C17H32N4/c1-4-11-20(16-9-7-14(18)8-10-16)13-17-12-15(5-2)19-21(17)6-3/h12,14,16H,4-11,13,18H2,1-3H3. The maximum atomic E-state index is 6.06. The summed E-state index contributed by atoms with van der Waals surface area (Å²) in [6.07, 6.45) is 7.09. The van der Waals surface area contributed by atoms with Crippen LogP contribution in [0.1, 0.15) is 64.3 Å². The molecule has 0 radical (unpaired) electrons. The van der Waals surface area contributed by atoms with E-state index < -0.39 is 0 Å². The van der Waals surface area contributed by atoms with Crippen LogP contribution in [-0.2, 0) is 19.5 Å². The third-order valence-electron chi connectivity index (χ3n) is 4.71. The summed E-state index contributed by atoms with van der Waals surface area (Å²) in [7, 11) is 0. The van der Waals surface area contributed by atoms with Gasteiger partial charge in [-0.1, -0.05) is 13.8 Å². The monoisotopic (exact) mass is 292 g/mol. The van der Waals surface area contributed by atoms with E-state index in [-0.39, 0.29) is 0 Å². The average molecular weight is 292 g/mol. The number of rotatable bonds is 7. The van der Waals surface area contributed by atoms with E-state index in [4.69, 9.17) is 5.73 Å². The number of aryl methyl sites for hydroxylation is 2. The molecule has 1 saturated carbocycles. The second kappa shape index (κ2) is 7.95. The quantitative estimate of drug-likeness (QED) is 0.840. The Morgan fingerprint density at radius 1 is 1.24 bits per heavy atom. The lowest BCUT2D eigenvalue weighted by Crippen LogP contribution is -2.41. The molecule has 0 amide bonds. The van der Waals surface area contributed by atoms with Crippen molar-refractivity contribution in [1.29, 1.82) is 0 Å². The highest BCUT2D eigenvalue weighted by atomic mass is 15.3. The molecule has 4 nitrogen and oxygen atoms in total. The van der Waals surface area contributed by atoms with Gasteiger partial charge in [-0.25, -0.2) is 0 Å². The van der Waals surface area contributed by atoms with Crippen molar-refractivity contribution in [2.45, 2.75) is 84.5 Å². The SMILES string of the molecule is CCCN(Cc1cc(CC)nn1CC)C1CCC(N)CC1. The van der Waals surface area contributed by atoms with E-state index in [1.54, 1.807) is 0 Å². The molecule has 0 aliphatic heterocycles. The molecule has 1 heterocycles. The van der Waals surface area contributed by atoms with E-state index in [0.717, 1.165) is 19.5 Å². The molecule has 2 rings (SSSR count). The Balaban J connectivity index is 2.06. The van der Waals surface area contributed by atoms with E-state index >= 15 is 0 Å². The molecule has 1 aromatic heterocycles. The second-order valence-electron chi connectivity index (χ2n) is 6.34. The summed E-state index contributed by atoms with van der Waals surface area (Å²) in [5, 5.41) is 4.69. The molecule has 0 saturated heterocycles. The minimum Gasteiger partial charge on any atom is -0.328 e. The predicted octanol–water partition coefficient (Wildman–Crippen LogP) is 2.95. The number of hydrogen-bond acceptors (Lipinski definition) is 3. The molecule has 0 unspecified atom stereocenters. The van der Waals surface area contributed by atoms with Gasteiger partial charge in [0.25, 0.3) is 0 Å². The Bertz CT molecular complexity index is 418. The fourth-order valence-electron chi connectivity index (χ4n) is 3.44. The Hall–Kier alpha value is -0.870. The van der Waals surface area contributed by atoms with Crippen LogP contribution in [0, 0.1) is 0 Å². The van der Waals surface area contributed by atoms with Crippen LogP contribution in [0.4, 0.5) is 0 Å². The van der Waals surface area contributed by atoms with Crippen molar-refractivity contribution in [3.8, 4) is 0 Å². The van der Waals surface area contributed by atoms with Crippen LogP contribution in [0.3, 0.4) is 0 Å². The first-order valence-corrected chi connectivity index (χ1v) is 8.73. The maximum absolute atomic E-state index is 6.06. The summed E-state index contributed by atoms with van der Waals surface area (Å²) in [4.78, 5) is 2.66. The van der Waals surface area contributed by atoms with Crippen molar-refractivity contribution in [3.05, 3.63) is 17.5 Å². The Morgan fingerprint density at radius 3 is 2.52 bits per heavy atom. The number of hydrogen-bond donors (Lipinski definition) is 1. The van der Waals surface area contributed by atoms with E-state index in [1.807, 2.05) is 0 Å². The molecule has 2 N–H and O–H groups in total. The molecule has 4 heteroatoms. The molecule has 1 aromatic rings. The van der Waals surface area contributed by atoms with Gasteiger partial charge in [0, 0.05) is 25.2 Å². The van der Waals surface area contributed by atoms with Crippen molar-refractivity contribution in [3.63, 3.8) is 0 Å². The van der Waals surface area contributed by atoms with Gasteiger partial charge in [-0.15, -0.1) is 0 Å². The maximum Gasteiger partial charge on any atom is 0.0625 e. The molecule has 120 valence electrons. The van der Waals surface area contributed by atoms with Crippen LogP contribution < -0.4 is 5.73 Å². The van der Waals surface area contributed by atoms with Gasteiger partial charge in [-0.3, -0.25) is 9.58 Å². The van der Waals surface area contributed by atoms with Crippen LogP contribution in [0.25, 0.3) is 0 Å². The van der Waals surface area contributed by atoms with Crippen molar-refractivity contribution < 1.29 is 0 Å². The van der Waals surface area contributed by atoms with Gasteiger partial charge in [-0.05, 0) is 58.1 Å². The minimum absolute atomic E-state index is 0.428. The lowest BCUT2D eigenvalue weighted by atomic mass is 9.90. The summed E-state index contributed by atoms with van der Waals surface area (Å²) in [6, 6.07) is 3.42. The molecule has 1 aliphatic rings. The molecular weight excluding hydrogens is 260 g/mol. The van der Waals surface area contributed by atoms with Gasteiger partial charge < -0.3 is 5.73 Å². The van der Waals surface area contributed by atoms with Crippen molar-refractivity contribution in [2.75, 3.05) is 6.54 Å². The zero-order valence-electron chi connectivity index (χ0n) is 14.0. The third kappa shape index (κ3) is 4.30. The van der Waals surface area contributed by atoms with Gasteiger partial charge in [0.2, 0.25) is 0 Å². The van der Waals surface area contributed by atoms with E-state index in [1.165, 1.54) is 50.0 Å². The van der Waals surface area contributed by atoms with E-state index in [9.17, 15) is 0 Å². The number of nitrogens with two attached hydrogens (primary N) is 1. The first kappa shape index (κ1) is 16.5. The topological polar surface area (TPSA) is 47.1 Å². The van der Waals surface area contributed by atoms with Gasteiger partial charge in [0.1, 0.15) is 0 Å². The lowest BCUT2D eigenvalue weighted by Gasteiger charge is -2.36. The van der Waals surface area contributed by atoms with Crippen molar-refractivity contribution in [2.24, 2.45) is 5.73 Å². The highest BCUT2D eigenvalue weighted by molar-refractivity contribution is 5.10. The van der Waals surface area contributed by atoms with Crippen LogP contribution in [0.2, 0.25) is 0 Å². The molecule has 0 atom stereocenters. The Morgan fingerprint density at radius 2 is 1.95 bits per heavy atom. The van der Waals surface area contributed by atoms with E-state index in [2.05, 4.69) is 41.5 Å². The summed E-state index contributed by atoms with van der Waals surface area (Å²) >= 11 is 0. The van der Waals surface area contributed by atoms with Crippen LogP contribution in [0.15, 0.2) is 6.07 Å². The first-order chi connectivity index (χ1) is 10.2. The number of nitrogens with zero attached hydrogens (tertiary/aromatic N) is 3. The fourth-order valence-corrected chi connectivity index (χ4v) is 3.44. The highest BCUT2D eigenvalue weighted by Crippen LogP contribution is 2.24. The molecule has 0 bridgehead atoms. The zero-order valence-corrected chi connectivity index (χ0v) is 14.0. The first-order valence-electron chi connectivity index (χ1n) is 8.73. The zero-order chi connectivity index (χ0) is 15.2. The predicted molar refractivity (Wildman–Crippen MR) is 88.2 cm³/mol. The van der Waals surface area contributed by atoms with Gasteiger partial charge in [-0.2, -0.15) is 5.10 Å². The third-order valence-corrected chi connectivity index (χ3v) is 4.71. The summed E-state index contributed by atoms with van der Waals surface area (Å²) in [6.45, 7) is 9.81. The van der Waals surface area contributed by atoms with Crippen molar-refractivity contribution in [1.82, 2.24) is 14.7 Å². The Kier molecular flexibility index (Phi) is 6.24. The average Bonchev–Trinajstić information content (AvgIpc) is 2.90. The summed E-state index contributed by atoms with van der Waals surface area (Å²) < 4.78 is 2.18. The van der Waals surface area contributed by atoms with Crippen LogP contribution in [-0.4, -0.2) is 33.3 Å². The smallest absolute Gasteiger partial charge is 0.0625 e. The largest absolute Gasteiger partial charge is 0.328 e. The van der Waals surface area contributed by atoms with Gasteiger partial charge in [0.15, 0.2) is 0 Å². The summed E-state index contributed by atoms with van der Waals surface area (Å²) in [5.74, 6) is 0. The minimum atomic E-state index is 0.428. The number of aromatic nitrogens is 2. The molecule has 1 fully saturated rings. The normalized spacial score (nSPS) is 22.9. The highest BCUT2D eigenvalue weighted by Gasteiger charge is 2.24. The van der Waals surface area contributed by atoms with Crippen molar-refractivity contribution >= 4 is 0 Å². The molecule has 1 aliphatic carbocycles. The van der Waals surface area contributed by atoms with Crippen LogP contribution in [0.5, 0.6) is 0 Å². The molecule has 21 heavy (non-hydrogen) atoms. The molecular formula is C17H32N4. The van der Waals surface area contributed by atoms with Crippen LogP contribution >= 0.6 is 0 Å². The van der Waals surface area contributed by atoms with E-state index in [0.29, 0.717) is 12.1 Å². The Labute approximate surface area is 129 Å². The van der Waals surface area contributed by atoms with Gasteiger partial charge >= 0.3 is 0 Å². The summed E-state index contributed by atoms with van der Waals surface area (Å²) in [5.41, 5.74) is 8.65. The lowest BCUT2D eigenvalue weighted by molar-refractivity contribution is 0.138. The van der Waals surface area contributed by atoms with Gasteiger partial charge in [0.05, 0.1) is 11.4 Å². The molecule has 0 aromatic carbocycles. The second-order valence-corrected chi connectivity index (χ2v) is 6.34. The fraction of sp³-hybridized carbons (Fsp3) is 0.824. The molecule has 0 spiro atoms.